The van der Waals surface area contributed by atoms with Gasteiger partial charge in [0.25, 0.3) is 0 Å². The van der Waals surface area contributed by atoms with Gasteiger partial charge in [-0.25, -0.2) is 0 Å². The van der Waals surface area contributed by atoms with E-state index >= 15 is 0 Å². The number of hydrogen-bond donors (Lipinski definition) is 0. The monoisotopic (exact) mass is 400 g/mol. The van der Waals surface area contributed by atoms with Crippen molar-refractivity contribution in [2.75, 3.05) is 0 Å². The zero-order valence-electron chi connectivity index (χ0n) is 18.2. The van der Waals surface area contributed by atoms with E-state index in [1.807, 2.05) is 6.08 Å². The third-order valence-corrected chi connectivity index (χ3v) is 8.22. The summed E-state index contributed by atoms with van der Waals surface area (Å²) in [7, 11) is 0. The van der Waals surface area contributed by atoms with Crippen LogP contribution >= 0.6 is 0 Å². The largest absolute Gasteiger partial charge is 0.462 e. The Balaban J connectivity index is 1.91. The second-order valence-electron chi connectivity index (χ2n) is 10.5. The van der Waals surface area contributed by atoms with E-state index in [-0.39, 0.29) is 46.5 Å². The van der Waals surface area contributed by atoms with Crippen LogP contribution in [0.3, 0.4) is 0 Å². The Kier molecular flexibility index (Phi) is 4.42. The van der Waals surface area contributed by atoms with Crippen molar-refractivity contribution in [3.63, 3.8) is 0 Å². The summed E-state index contributed by atoms with van der Waals surface area (Å²) >= 11 is 0. The molecular formula is C24H32O5. The minimum atomic E-state index is -0.538. The SMILES string of the molecule is C=C1[C@H]2C[C@@]3(C[C@H](OC(C)=O)[C@@H]4C(C)(C)CCC[C@@]4(C)C3=CC2=O)[C@@H]1OC(C)=O. The van der Waals surface area contributed by atoms with E-state index in [4.69, 9.17) is 9.47 Å². The van der Waals surface area contributed by atoms with Crippen LogP contribution in [-0.4, -0.2) is 29.9 Å². The normalized spacial score (nSPS) is 42.4. The Bertz CT molecular complexity index is 836. The smallest absolute Gasteiger partial charge is 0.303 e. The minimum absolute atomic E-state index is 0.0258. The van der Waals surface area contributed by atoms with Gasteiger partial charge in [0.2, 0.25) is 0 Å². The molecule has 0 radical (unpaired) electrons. The lowest BCUT2D eigenvalue weighted by atomic mass is 9.43. The van der Waals surface area contributed by atoms with Crippen LogP contribution < -0.4 is 0 Å². The molecule has 4 aliphatic rings. The summed E-state index contributed by atoms with van der Waals surface area (Å²) < 4.78 is 11.8. The van der Waals surface area contributed by atoms with Crippen LogP contribution in [0.15, 0.2) is 23.8 Å². The number of ether oxygens (including phenoxy) is 2. The van der Waals surface area contributed by atoms with Crippen LogP contribution in [0, 0.1) is 28.1 Å². The summed E-state index contributed by atoms with van der Waals surface area (Å²) in [6.45, 7) is 13.7. The lowest BCUT2D eigenvalue weighted by Crippen LogP contribution is -2.60. The van der Waals surface area contributed by atoms with Crippen molar-refractivity contribution in [3.8, 4) is 0 Å². The first-order valence-electron chi connectivity index (χ1n) is 10.7. The Morgan fingerprint density at radius 1 is 1.07 bits per heavy atom. The van der Waals surface area contributed by atoms with Crippen molar-refractivity contribution in [1.82, 2.24) is 0 Å². The van der Waals surface area contributed by atoms with Gasteiger partial charge < -0.3 is 9.47 Å². The third-order valence-electron chi connectivity index (χ3n) is 8.22. The molecule has 0 aromatic heterocycles. The minimum Gasteiger partial charge on any atom is -0.462 e. The molecule has 0 aromatic rings. The molecule has 0 amide bonds. The first kappa shape index (κ1) is 20.4. The number of esters is 2. The second kappa shape index (κ2) is 6.29. The number of carbonyl (C=O) groups is 3. The van der Waals surface area contributed by atoms with Gasteiger partial charge in [-0.15, -0.1) is 0 Å². The molecule has 6 atom stereocenters. The molecule has 0 saturated heterocycles. The summed E-state index contributed by atoms with van der Waals surface area (Å²) in [4.78, 5) is 37.0. The molecule has 5 nitrogen and oxygen atoms in total. The van der Waals surface area contributed by atoms with Crippen LogP contribution in [0.4, 0.5) is 0 Å². The Morgan fingerprint density at radius 3 is 2.34 bits per heavy atom. The van der Waals surface area contributed by atoms with Crippen molar-refractivity contribution >= 4 is 17.7 Å². The highest BCUT2D eigenvalue weighted by molar-refractivity contribution is 5.97. The number of fused-ring (bicyclic) bond motifs is 3. The summed E-state index contributed by atoms with van der Waals surface area (Å²) in [6.07, 6.45) is 5.23. The fourth-order valence-electron chi connectivity index (χ4n) is 7.55. The lowest BCUT2D eigenvalue weighted by Gasteiger charge is -2.62. The molecule has 1 spiro atoms. The standard InChI is InChI=1S/C24H32O5/c1-13-16-11-24(21(13)29-15(3)26)12-18(28-14(2)25)20-22(4,5)8-7-9-23(20,6)19(24)10-17(16)27/h10,16,18,20-21H,1,7-9,11-12H2,2-6H3/t16-,18+,20-,21-,23+,24+/m1/s1. The highest BCUT2D eigenvalue weighted by atomic mass is 16.6. The number of allylic oxidation sites excluding steroid dienone is 1. The van der Waals surface area contributed by atoms with Crippen LogP contribution in [0.25, 0.3) is 0 Å². The van der Waals surface area contributed by atoms with Crippen LogP contribution in [-0.2, 0) is 23.9 Å². The molecule has 0 N–H and O–H groups in total. The highest BCUT2D eigenvalue weighted by Crippen LogP contribution is 2.70. The van der Waals surface area contributed by atoms with Gasteiger partial charge >= 0.3 is 11.9 Å². The molecule has 0 aliphatic heterocycles. The molecule has 0 aromatic carbocycles. The molecule has 158 valence electrons. The number of rotatable bonds is 2. The predicted molar refractivity (Wildman–Crippen MR) is 108 cm³/mol. The zero-order chi connectivity index (χ0) is 21.4. The number of carbonyl (C=O) groups excluding carboxylic acids is 3. The fourth-order valence-corrected chi connectivity index (χ4v) is 7.55. The van der Waals surface area contributed by atoms with Crippen molar-refractivity contribution in [3.05, 3.63) is 23.8 Å². The van der Waals surface area contributed by atoms with Gasteiger partial charge in [0.15, 0.2) is 5.78 Å². The van der Waals surface area contributed by atoms with E-state index < -0.39 is 11.5 Å². The highest BCUT2D eigenvalue weighted by Gasteiger charge is 2.69. The lowest BCUT2D eigenvalue weighted by molar-refractivity contribution is -0.180. The quantitative estimate of drug-likeness (QED) is 0.514. The van der Waals surface area contributed by atoms with Crippen molar-refractivity contribution in [2.45, 2.75) is 78.9 Å². The molecule has 3 saturated carbocycles. The van der Waals surface area contributed by atoms with E-state index in [0.717, 1.165) is 24.8 Å². The van der Waals surface area contributed by atoms with Gasteiger partial charge in [0.05, 0.1) is 0 Å². The first-order valence-corrected chi connectivity index (χ1v) is 10.7. The van der Waals surface area contributed by atoms with E-state index in [1.165, 1.54) is 13.8 Å². The fraction of sp³-hybridized carbons (Fsp3) is 0.708. The summed E-state index contributed by atoms with van der Waals surface area (Å²) in [5, 5.41) is 0. The van der Waals surface area contributed by atoms with Crippen LogP contribution in [0.2, 0.25) is 0 Å². The second-order valence-corrected chi connectivity index (χ2v) is 10.5. The average Bonchev–Trinajstić information content (AvgIpc) is 2.79. The molecule has 5 heteroatoms. The van der Waals surface area contributed by atoms with Gasteiger partial charge in [-0.2, -0.15) is 0 Å². The maximum atomic E-state index is 13.0. The zero-order valence-corrected chi connectivity index (χ0v) is 18.2. The summed E-state index contributed by atoms with van der Waals surface area (Å²) in [6, 6.07) is 0. The third kappa shape index (κ3) is 2.76. The topological polar surface area (TPSA) is 69.7 Å². The van der Waals surface area contributed by atoms with E-state index in [0.29, 0.717) is 18.4 Å². The van der Waals surface area contributed by atoms with Gasteiger partial charge in [-0.05, 0) is 53.7 Å². The van der Waals surface area contributed by atoms with Crippen LogP contribution in [0.1, 0.15) is 66.7 Å². The molecular weight excluding hydrogens is 368 g/mol. The molecule has 4 rings (SSSR count). The predicted octanol–water partition coefficient (Wildman–Crippen LogP) is 4.16. The maximum absolute atomic E-state index is 13.0. The van der Waals surface area contributed by atoms with E-state index in [2.05, 4.69) is 27.4 Å². The van der Waals surface area contributed by atoms with Gasteiger partial charge in [0, 0.05) is 31.1 Å². The molecule has 4 aliphatic carbocycles. The maximum Gasteiger partial charge on any atom is 0.303 e. The first-order chi connectivity index (χ1) is 13.4. The molecule has 29 heavy (non-hydrogen) atoms. The van der Waals surface area contributed by atoms with Gasteiger partial charge in [-0.1, -0.05) is 33.8 Å². The Morgan fingerprint density at radius 2 is 1.72 bits per heavy atom. The Hall–Kier alpha value is -1.91. The van der Waals surface area contributed by atoms with Crippen LogP contribution in [0.5, 0.6) is 0 Å². The van der Waals surface area contributed by atoms with E-state index in [9.17, 15) is 14.4 Å². The Labute approximate surface area is 172 Å². The number of ketones is 1. The van der Waals surface area contributed by atoms with Crippen molar-refractivity contribution < 1.29 is 23.9 Å². The summed E-state index contributed by atoms with van der Waals surface area (Å²) in [5.41, 5.74) is 0.957. The average molecular weight is 401 g/mol. The van der Waals surface area contributed by atoms with Crippen molar-refractivity contribution in [2.24, 2.45) is 28.1 Å². The van der Waals surface area contributed by atoms with Gasteiger partial charge in [-0.3, -0.25) is 14.4 Å². The van der Waals surface area contributed by atoms with Crippen molar-refractivity contribution in [1.29, 1.82) is 0 Å². The molecule has 0 unspecified atom stereocenters. The molecule has 3 fully saturated rings. The van der Waals surface area contributed by atoms with Gasteiger partial charge in [0.1, 0.15) is 12.2 Å². The molecule has 0 heterocycles. The summed E-state index contributed by atoms with van der Waals surface area (Å²) in [5.74, 6) is -0.792. The molecule has 2 bridgehead atoms. The van der Waals surface area contributed by atoms with E-state index in [1.54, 1.807) is 0 Å². The number of hydrogen-bond acceptors (Lipinski definition) is 5.